The molecule has 1 aliphatic rings. The van der Waals surface area contributed by atoms with Crippen molar-refractivity contribution in [1.29, 1.82) is 0 Å². The van der Waals surface area contributed by atoms with Crippen LogP contribution in [-0.2, 0) is 4.74 Å². The zero-order chi connectivity index (χ0) is 15.2. The summed E-state index contributed by atoms with van der Waals surface area (Å²) >= 11 is 0. The third kappa shape index (κ3) is 3.36. The minimum absolute atomic E-state index is 0.201. The first-order valence-corrected chi connectivity index (χ1v) is 6.66. The standard InChI is InChI=1S/C14H19N3O4/c1-4-21-14(18)17-13-15-8-9(16-13)12-10(19-2)6-5-7-11(12)20-3/h5-7,9H,4,8H2,1-3H3,(H2,15,16,17,18). The Morgan fingerprint density at radius 2 is 2.05 bits per heavy atom. The van der Waals surface area contributed by atoms with E-state index >= 15 is 0 Å². The molecule has 0 spiro atoms. The molecular weight excluding hydrogens is 274 g/mol. The summed E-state index contributed by atoms with van der Waals surface area (Å²) in [5, 5.41) is 5.57. The van der Waals surface area contributed by atoms with Crippen LogP contribution < -0.4 is 20.1 Å². The molecule has 1 unspecified atom stereocenters. The topological polar surface area (TPSA) is 81.2 Å². The minimum Gasteiger partial charge on any atom is -0.496 e. The Morgan fingerprint density at radius 1 is 1.38 bits per heavy atom. The molecular formula is C14H19N3O4. The Bertz CT molecular complexity index is 523. The van der Waals surface area contributed by atoms with Crippen molar-refractivity contribution < 1.29 is 19.0 Å². The summed E-state index contributed by atoms with van der Waals surface area (Å²) in [5.74, 6) is 1.77. The molecule has 2 N–H and O–H groups in total. The lowest BCUT2D eigenvalue weighted by Crippen LogP contribution is -2.38. The Hall–Kier alpha value is -2.44. The van der Waals surface area contributed by atoms with Crippen molar-refractivity contribution in [3.05, 3.63) is 23.8 Å². The van der Waals surface area contributed by atoms with Gasteiger partial charge >= 0.3 is 6.09 Å². The van der Waals surface area contributed by atoms with E-state index in [0.29, 0.717) is 30.6 Å². The van der Waals surface area contributed by atoms with E-state index in [2.05, 4.69) is 15.6 Å². The normalized spacial score (nSPS) is 16.7. The summed E-state index contributed by atoms with van der Waals surface area (Å²) < 4.78 is 15.5. The van der Waals surface area contributed by atoms with Crippen molar-refractivity contribution in [2.75, 3.05) is 27.4 Å². The molecule has 1 aromatic carbocycles. The van der Waals surface area contributed by atoms with Gasteiger partial charge in [0.2, 0.25) is 5.96 Å². The van der Waals surface area contributed by atoms with E-state index in [1.807, 2.05) is 18.2 Å². The van der Waals surface area contributed by atoms with E-state index < -0.39 is 6.09 Å². The highest BCUT2D eigenvalue weighted by molar-refractivity contribution is 5.95. The average Bonchev–Trinajstić information content (AvgIpc) is 2.94. The van der Waals surface area contributed by atoms with Crippen molar-refractivity contribution in [3.63, 3.8) is 0 Å². The maximum absolute atomic E-state index is 11.4. The summed E-state index contributed by atoms with van der Waals surface area (Å²) in [6.45, 7) is 2.59. The van der Waals surface area contributed by atoms with Gasteiger partial charge < -0.3 is 19.5 Å². The summed E-state index contributed by atoms with van der Waals surface area (Å²) in [4.78, 5) is 15.8. The van der Waals surface area contributed by atoms with Gasteiger partial charge in [0, 0.05) is 6.54 Å². The average molecular weight is 293 g/mol. The lowest BCUT2D eigenvalue weighted by molar-refractivity contribution is 0.157. The Labute approximate surface area is 123 Å². The van der Waals surface area contributed by atoms with Crippen molar-refractivity contribution in [1.82, 2.24) is 10.6 Å². The molecule has 0 radical (unpaired) electrons. The van der Waals surface area contributed by atoms with Crippen molar-refractivity contribution >= 4 is 12.1 Å². The lowest BCUT2D eigenvalue weighted by Gasteiger charge is -2.15. The number of methoxy groups -OCH3 is 2. The number of hydrogen-bond acceptors (Lipinski definition) is 6. The summed E-state index contributed by atoms with van der Waals surface area (Å²) in [5.41, 5.74) is 0.843. The summed E-state index contributed by atoms with van der Waals surface area (Å²) in [6, 6.07) is 5.35. The molecule has 0 aromatic heterocycles. The van der Waals surface area contributed by atoms with E-state index in [1.165, 1.54) is 0 Å². The van der Waals surface area contributed by atoms with Gasteiger partial charge in [-0.05, 0) is 19.1 Å². The van der Waals surface area contributed by atoms with Crippen LogP contribution in [0.4, 0.5) is 4.79 Å². The molecule has 1 amide bonds. The van der Waals surface area contributed by atoms with E-state index in [9.17, 15) is 4.79 Å². The molecule has 1 heterocycles. The van der Waals surface area contributed by atoms with Gasteiger partial charge in [0.05, 0.1) is 26.4 Å². The highest BCUT2D eigenvalue weighted by atomic mass is 16.5. The quantitative estimate of drug-likeness (QED) is 0.878. The first-order chi connectivity index (χ1) is 10.2. The van der Waals surface area contributed by atoms with Gasteiger partial charge in [0.1, 0.15) is 17.5 Å². The van der Waals surface area contributed by atoms with Gasteiger partial charge in [0.15, 0.2) is 0 Å². The molecule has 114 valence electrons. The summed E-state index contributed by atoms with van der Waals surface area (Å²) in [7, 11) is 3.20. The second-order valence-corrected chi connectivity index (χ2v) is 4.30. The molecule has 7 nitrogen and oxygen atoms in total. The smallest absolute Gasteiger partial charge is 0.413 e. The van der Waals surface area contributed by atoms with Crippen LogP contribution in [-0.4, -0.2) is 39.4 Å². The Morgan fingerprint density at radius 3 is 2.62 bits per heavy atom. The number of nitrogens with zero attached hydrogens (tertiary/aromatic N) is 1. The first kappa shape index (κ1) is 15.0. The van der Waals surface area contributed by atoms with Crippen LogP contribution in [0, 0.1) is 0 Å². The van der Waals surface area contributed by atoms with Crippen LogP contribution in [0.2, 0.25) is 0 Å². The predicted molar refractivity (Wildman–Crippen MR) is 77.9 cm³/mol. The van der Waals surface area contributed by atoms with Gasteiger partial charge in [-0.25, -0.2) is 9.79 Å². The number of nitrogens with one attached hydrogen (secondary N) is 2. The zero-order valence-corrected chi connectivity index (χ0v) is 12.3. The highest BCUT2D eigenvalue weighted by Crippen LogP contribution is 2.36. The van der Waals surface area contributed by atoms with Gasteiger partial charge in [-0.2, -0.15) is 0 Å². The van der Waals surface area contributed by atoms with Gasteiger partial charge in [-0.15, -0.1) is 0 Å². The van der Waals surface area contributed by atoms with E-state index in [-0.39, 0.29) is 6.04 Å². The van der Waals surface area contributed by atoms with Crippen LogP contribution >= 0.6 is 0 Å². The third-order valence-corrected chi connectivity index (χ3v) is 3.04. The van der Waals surface area contributed by atoms with Crippen molar-refractivity contribution in [2.24, 2.45) is 4.99 Å². The fourth-order valence-corrected chi connectivity index (χ4v) is 2.16. The zero-order valence-electron chi connectivity index (χ0n) is 12.3. The molecule has 0 saturated carbocycles. The molecule has 1 aromatic rings. The number of amides is 1. The monoisotopic (exact) mass is 293 g/mol. The van der Waals surface area contributed by atoms with E-state index in [0.717, 1.165) is 5.56 Å². The molecule has 1 aliphatic heterocycles. The Kier molecular flexibility index (Phi) is 4.86. The molecule has 0 bridgehead atoms. The fourth-order valence-electron chi connectivity index (χ4n) is 2.16. The lowest BCUT2D eigenvalue weighted by atomic mass is 10.1. The largest absolute Gasteiger partial charge is 0.496 e. The molecule has 2 rings (SSSR count). The molecule has 0 fully saturated rings. The van der Waals surface area contributed by atoms with Gasteiger partial charge in [-0.1, -0.05) is 6.07 Å². The number of rotatable bonds is 4. The first-order valence-electron chi connectivity index (χ1n) is 6.66. The van der Waals surface area contributed by atoms with E-state index in [4.69, 9.17) is 14.2 Å². The van der Waals surface area contributed by atoms with Crippen LogP contribution in [0.3, 0.4) is 0 Å². The number of carbonyl (C=O) groups is 1. The highest BCUT2D eigenvalue weighted by Gasteiger charge is 2.26. The van der Waals surface area contributed by atoms with Crippen LogP contribution in [0.1, 0.15) is 18.5 Å². The number of benzene rings is 1. The van der Waals surface area contributed by atoms with Crippen molar-refractivity contribution in [2.45, 2.75) is 13.0 Å². The number of alkyl carbamates (subject to hydrolysis) is 1. The number of aliphatic imine (C=N–C) groups is 1. The van der Waals surface area contributed by atoms with Crippen LogP contribution in [0.15, 0.2) is 23.2 Å². The second-order valence-electron chi connectivity index (χ2n) is 4.30. The molecule has 1 atom stereocenters. The molecule has 0 aliphatic carbocycles. The predicted octanol–water partition coefficient (Wildman–Crippen LogP) is 1.45. The molecule has 21 heavy (non-hydrogen) atoms. The number of carbonyl (C=O) groups excluding carboxylic acids is 1. The maximum atomic E-state index is 11.4. The van der Waals surface area contributed by atoms with Crippen molar-refractivity contribution in [3.8, 4) is 11.5 Å². The molecule has 0 saturated heterocycles. The maximum Gasteiger partial charge on any atom is 0.413 e. The van der Waals surface area contributed by atoms with Gasteiger partial charge in [-0.3, -0.25) is 5.32 Å². The van der Waals surface area contributed by atoms with E-state index in [1.54, 1.807) is 21.1 Å². The fraction of sp³-hybridized carbons (Fsp3) is 0.429. The van der Waals surface area contributed by atoms with Gasteiger partial charge in [0.25, 0.3) is 0 Å². The number of guanidine groups is 1. The number of hydrogen-bond donors (Lipinski definition) is 2. The number of ether oxygens (including phenoxy) is 3. The summed E-state index contributed by atoms with van der Waals surface area (Å²) in [6.07, 6.45) is -0.531. The Balaban J connectivity index is 2.20. The third-order valence-electron chi connectivity index (χ3n) is 3.04. The SMILES string of the molecule is CCOC(=O)NC1=NC(c2c(OC)cccc2OC)CN1. The molecule has 7 heteroatoms. The minimum atomic E-state index is -0.531. The second kappa shape index (κ2) is 6.83. The van der Waals surface area contributed by atoms with Crippen LogP contribution in [0.5, 0.6) is 11.5 Å². The van der Waals surface area contributed by atoms with Crippen LogP contribution in [0.25, 0.3) is 0 Å².